The van der Waals surface area contributed by atoms with E-state index in [0.717, 1.165) is 0 Å². The second-order valence-corrected chi connectivity index (χ2v) is 6.30. The van der Waals surface area contributed by atoms with Crippen molar-refractivity contribution >= 4 is 15.9 Å². The first-order chi connectivity index (χ1) is 9.27. The number of benzene rings is 1. The van der Waals surface area contributed by atoms with Crippen LogP contribution in [0, 0.1) is 0 Å². The highest BCUT2D eigenvalue weighted by atomic mass is 79.9. The van der Waals surface area contributed by atoms with Gasteiger partial charge in [0, 0.05) is 23.1 Å². The van der Waals surface area contributed by atoms with Crippen LogP contribution < -0.4 is 5.73 Å². The third-order valence-corrected chi connectivity index (χ3v) is 4.90. The van der Waals surface area contributed by atoms with Crippen LogP contribution in [0.3, 0.4) is 0 Å². The maximum atomic E-state index is 6.10. The Morgan fingerprint density at radius 3 is 2.84 bits per heavy atom. The zero-order valence-electron chi connectivity index (χ0n) is 11.8. The highest BCUT2D eigenvalue weighted by Crippen LogP contribution is 2.33. The Bertz CT molecular complexity index is 392. The van der Waals surface area contributed by atoms with Gasteiger partial charge in [-0.25, -0.2) is 0 Å². The van der Waals surface area contributed by atoms with Gasteiger partial charge in [-0.2, -0.15) is 0 Å². The quantitative estimate of drug-likeness (QED) is 0.883. The average Bonchev–Trinajstić information content (AvgIpc) is 2.44. The van der Waals surface area contributed by atoms with Crippen LogP contribution >= 0.6 is 15.9 Å². The number of nitrogens with zero attached hydrogens (tertiary/aromatic N) is 1. The molecule has 2 rings (SSSR count). The molecule has 0 spiro atoms. The Labute approximate surface area is 125 Å². The molecule has 1 aliphatic rings. The monoisotopic (exact) mass is 324 g/mol. The van der Waals surface area contributed by atoms with Crippen LogP contribution in [-0.2, 0) is 0 Å². The van der Waals surface area contributed by atoms with Crippen LogP contribution in [0.25, 0.3) is 0 Å². The summed E-state index contributed by atoms with van der Waals surface area (Å²) in [4.78, 5) is 2.65. The summed E-state index contributed by atoms with van der Waals surface area (Å²) in [7, 11) is 0. The summed E-state index contributed by atoms with van der Waals surface area (Å²) in [6.07, 6.45) is 6.56. The van der Waals surface area contributed by atoms with Crippen molar-refractivity contribution in [2.24, 2.45) is 5.73 Å². The van der Waals surface area contributed by atoms with Crippen LogP contribution in [0.2, 0.25) is 0 Å². The van der Waals surface area contributed by atoms with Gasteiger partial charge < -0.3 is 5.73 Å². The Morgan fingerprint density at radius 2 is 2.16 bits per heavy atom. The van der Waals surface area contributed by atoms with Crippen LogP contribution in [-0.4, -0.2) is 24.0 Å². The number of rotatable bonds is 5. The summed E-state index contributed by atoms with van der Waals surface area (Å²) in [5, 5.41) is 0. The lowest BCUT2D eigenvalue weighted by molar-refractivity contribution is 0.0909. The van der Waals surface area contributed by atoms with Crippen molar-refractivity contribution in [3.8, 4) is 0 Å². The van der Waals surface area contributed by atoms with Crippen LogP contribution in [0.15, 0.2) is 28.7 Å². The molecule has 0 aromatic heterocycles. The fourth-order valence-corrected chi connectivity index (χ4v) is 3.81. The predicted octanol–water partition coefficient (Wildman–Crippen LogP) is 4.10. The van der Waals surface area contributed by atoms with Gasteiger partial charge in [0.2, 0.25) is 0 Å². The van der Waals surface area contributed by atoms with E-state index in [2.05, 4.69) is 52.0 Å². The van der Waals surface area contributed by atoms with Gasteiger partial charge in [0.15, 0.2) is 0 Å². The van der Waals surface area contributed by atoms with Gasteiger partial charge in [0.25, 0.3) is 0 Å². The maximum Gasteiger partial charge on any atom is 0.0484 e. The third kappa shape index (κ3) is 3.59. The molecule has 0 aliphatic carbocycles. The number of halogens is 1. The Balaban J connectivity index is 2.22. The summed E-state index contributed by atoms with van der Waals surface area (Å²) in [5.74, 6) is 0. The number of hydrogen-bond acceptors (Lipinski definition) is 2. The van der Waals surface area contributed by atoms with Gasteiger partial charge in [-0.1, -0.05) is 53.9 Å². The Hall–Kier alpha value is -0.380. The van der Waals surface area contributed by atoms with Gasteiger partial charge in [0.05, 0.1) is 0 Å². The molecule has 1 fully saturated rings. The molecule has 2 N–H and O–H groups in total. The molecular formula is C16H25BrN2. The summed E-state index contributed by atoms with van der Waals surface area (Å²) in [5.41, 5.74) is 7.44. The summed E-state index contributed by atoms with van der Waals surface area (Å²) in [6, 6.07) is 9.57. The molecule has 19 heavy (non-hydrogen) atoms. The zero-order chi connectivity index (χ0) is 13.7. The van der Waals surface area contributed by atoms with Crippen molar-refractivity contribution in [2.75, 3.05) is 13.1 Å². The Morgan fingerprint density at radius 1 is 1.37 bits per heavy atom. The second-order valence-electron chi connectivity index (χ2n) is 5.45. The number of piperidine rings is 1. The van der Waals surface area contributed by atoms with Crippen LogP contribution in [0.4, 0.5) is 0 Å². The molecular weight excluding hydrogens is 300 g/mol. The molecule has 0 amide bonds. The van der Waals surface area contributed by atoms with E-state index in [4.69, 9.17) is 5.73 Å². The Kier molecular flexibility index (Phi) is 5.86. The van der Waals surface area contributed by atoms with E-state index in [1.165, 1.54) is 48.7 Å². The first kappa shape index (κ1) is 15.0. The second kappa shape index (κ2) is 7.41. The summed E-state index contributed by atoms with van der Waals surface area (Å²) >= 11 is 3.68. The maximum absolute atomic E-state index is 6.10. The van der Waals surface area contributed by atoms with Gasteiger partial charge in [-0.3, -0.25) is 4.90 Å². The number of likely N-dealkylation sites (tertiary alicyclic amines) is 1. The molecule has 1 saturated heterocycles. The van der Waals surface area contributed by atoms with E-state index < -0.39 is 0 Å². The molecule has 0 bridgehead atoms. The minimum absolute atomic E-state index is 0.354. The standard InChI is InChI=1S/C16H25BrN2/c1-2-7-13-8-5-6-11-19(13)16(12-18)14-9-3-4-10-15(14)17/h3-4,9-10,13,16H,2,5-8,11-12,18H2,1H3. The SMILES string of the molecule is CCCC1CCCCN1C(CN)c1ccccc1Br. The van der Waals surface area contributed by atoms with E-state index >= 15 is 0 Å². The van der Waals surface area contributed by atoms with Crippen molar-refractivity contribution in [1.29, 1.82) is 0 Å². The molecule has 1 aromatic carbocycles. The van der Waals surface area contributed by atoms with Gasteiger partial charge in [-0.15, -0.1) is 0 Å². The van der Waals surface area contributed by atoms with E-state index in [1.807, 2.05) is 0 Å². The van der Waals surface area contributed by atoms with E-state index in [-0.39, 0.29) is 0 Å². The fraction of sp³-hybridized carbons (Fsp3) is 0.625. The van der Waals surface area contributed by atoms with E-state index in [1.54, 1.807) is 0 Å². The van der Waals surface area contributed by atoms with Gasteiger partial charge in [-0.05, 0) is 37.4 Å². The van der Waals surface area contributed by atoms with Crippen molar-refractivity contribution in [3.63, 3.8) is 0 Å². The molecule has 1 aromatic rings. The molecule has 0 saturated carbocycles. The highest BCUT2D eigenvalue weighted by Gasteiger charge is 2.29. The molecule has 2 atom stereocenters. The predicted molar refractivity (Wildman–Crippen MR) is 85.2 cm³/mol. The number of hydrogen-bond donors (Lipinski definition) is 1. The topological polar surface area (TPSA) is 29.3 Å². The molecule has 1 aliphatic heterocycles. The van der Waals surface area contributed by atoms with Crippen LogP contribution in [0.5, 0.6) is 0 Å². The average molecular weight is 325 g/mol. The molecule has 2 unspecified atom stereocenters. The highest BCUT2D eigenvalue weighted by molar-refractivity contribution is 9.10. The van der Waals surface area contributed by atoms with E-state index in [9.17, 15) is 0 Å². The first-order valence-corrected chi connectivity index (χ1v) is 8.27. The van der Waals surface area contributed by atoms with Crippen molar-refractivity contribution in [3.05, 3.63) is 34.3 Å². The normalized spacial score (nSPS) is 22.4. The molecule has 3 heteroatoms. The zero-order valence-corrected chi connectivity index (χ0v) is 13.4. The first-order valence-electron chi connectivity index (χ1n) is 7.48. The molecule has 1 heterocycles. The lowest BCUT2D eigenvalue weighted by atomic mass is 9.94. The van der Waals surface area contributed by atoms with Crippen molar-refractivity contribution in [1.82, 2.24) is 4.90 Å². The fourth-order valence-electron chi connectivity index (χ4n) is 3.26. The molecule has 2 nitrogen and oxygen atoms in total. The summed E-state index contributed by atoms with van der Waals surface area (Å²) < 4.78 is 1.19. The molecule has 106 valence electrons. The van der Waals surface area contributed by atoms with Crippen molar-refractivity contribution < 1.29 is 0 Å². The lowest BCUT2D eigenvalue weighted by Crippen LogP contribution is -2.44. The lowest BCUT2D eigenvalue weighted by Gasteiger charge is -2.41. The van der Waals surface area contributed by atoms with Crippen LogP contribution in [0.1, 0.15) is 50.6 Å². The van der Waals surface area contributed by atoms with Gasteiger partial charge >= 0.3 is 0 Å². The molecule has 0 radical (unpaired) electrons. The summed E-state index contributed by atoms with van der Waals surface area (Å²) in [6.45, 7) is 4.17. The van der Waals surface area contributed by atoms with E-state index in [0.29, 0.717) is 18.6 Å². The third-order valence-electron chi connectivity index (χ3n) is 4.18. The largest absolute Gasteiger partial charge is 0.329 e. The van der Waals surface area contributed by atoms with Gasteiger partial charge in [0.1, 0.15) is 0 Å². The minimum atomic E-state index is 0.354. The van der Waals surface area contributed by atoms with Crippen molar-refractivity contribution in [2.45, 2.75) is 51.1 Å². The number of nitrogens with two attached hydrogens (primary N) is 1. The smallest absolute Gasteiger partial charge is 0.0484 e. The minimum Gasteiger partial charge on any atom is -0.329 e.